The number of anilines is 2. The van der Waals surface area contributed by atoms with Gasteiger partial charge >= 0.3 is 0 Å². The van der Waals surface area contributed by atoms with E-state index in [1.807, 2.05) is 18.2 Å². The van der Waals surface area contributed by atoms with Crippen molar-refractivity contribution in [2.24, 2.45) is 0 Å². The van der Waals surface area contributed by atoms with Crippen LogP contribution in [0.4, 0.5) is 11.4 Å². The molecule has 0 fully saturated rings. The predicted molar refractivity (Wildman–Crippen MR) is 80.6 cm³/mol. The van der Waals surface area contributed by atoms with Crippen molar-refractivity contribution in [3.63, 3.8) is 0 Å². The molecule has 3 nitrogen and oxygen atoms in total. The summed E-state index contributed by atoms with van der Waals surface area (Å²) in [7, 11) is 0. The maximum Gasteiger partial charge on any atom is 0.255 e. The second-order valence-corrected chi connectivity index (χ2v) is 5.47. The number of nitrogen functional groups attached to an aromatic ring is 1. The molecule has 92 valence electrons. The molecule has 0 saturated heterocycles. The summed E-state index contributed by atoms with van der Waals surface area (Å²) in [4.78, 5) is 12.0. The third kappa shape index (κ3) is 3.11. The number of carbonyl (C=O) groups is 1. The number of rotatable bonds is 2. The monoisotopic (exact) mass is 368 g/mol. The Morgan fingerprint density at radius 3 is 2.39 bits per heavy atom. The van der Waals surface area contributed by atoms with E-state index in [2.05, 4.69) is 37.2 Å². The molecule has 0 aliphatic heterocycles. The molecule has 0 saturated carbocycles. The third-order valence-electron chi connectivity index (χ3n) is 2.35. The molecule has 5 heteroatoms. The molecule has 0 radical (unpaired) electrons. The van der Waals surface area contributed by atoms with Crippen LogP contribution in [-0.2, 0) is 0 Å². The zero-order valence-electron chi connectivity index (χ0n) is 9.28. The Balaban J connectivity index is 2.21. The van der Waals surface area contributed by atoms with Crippen LogP contribution in [0.2, 0.25) is 0 Å². The van der Waals surface area contributed by atoms with Crippen molar-refractivity contribution in [2.75, 3.05) is 11.1 Å². The normalized spacial score (nSPS) is 10.1. The van der Waals surface area contributed by atoms with Gasteiger partial charge in [0.2, 0.25) is 0 Å². The van der Waals surface area contributed by atoms with E-state index in [1.165, 1.54) is 0 Å². The highest BCUT2D eigenvalue weighted by Crippen LogP contribution is 2.26. The van der Waals surface area contributed by atoms with Gasteiger partial charge in [0.05, 0.1) is 5.69 Å². The second kappa shape index (κ2) is 5.54. The minimum Gasteiger partial charge on any atom is -0.399 e. The van der Waals surface area contributed by atoms with Crippen molar-refractivity contribution in [1.29, 1.82) is 0 Å². The molecule has 0 unspecified atom stereocenters. The van der Waals surface area contributed by atoms with Gasteiger partial charge in [0.1, 0.15) is 0 Å². The van der Waals surface area contributed by atoms with Gasteiger partial charge < -0.3 is 11.1 Å². The highest BCUT2D eigenvalue weighted by atomic mass is 79.9. The number of nitrogens with two attached hydrogens (primary N) is 1. The molecular formula is C13H10Br2N2O. The Labute approximate surface area is 122 Å². The number of hydrogen-bond donors (Lipinski definition) is 2. The van der Waals surface area contributed by atoms with E-state index in [0.717, 1.165) is 8.95 Å². The number of amides is 1. The van der Waals surface area contributed by atoms with Crippen molar-refractivity contribution in [3.8, 4) is 0 Å². The van der Waals surface area contributed by atoms with Gasteiger partial charge in [-0.2, -0.15) is 0 Å². The minimum absolute atomic E-state index is 0.172. The lowest BCUT2D eigenvalue weighted by molar-refractivity contribution is 0.102. The van der Waals surface area contributed by atoms with Crippen molar-refractivity contribution in [2.45, 2.75) is 0 Å². The average molecular weight is 370 g/mol. The van der Waals surface area contributed by atoms with Crippen LogP contribution in [0.25, 0.3) is 0 Å². The molecule has 2 aromatic carbocycles. The van der Waals surface area contributed by atoms with Gasteiger partial charge in [0.15, 0.2) is 0 Å². The maximum atomic E-state index is 12.0. The number of carbonyl (C=O) groups excluding carboxylic acids is 1. The number of nitrogens with one attached hydrogen (secondary N) is 1. The molecule has 0 aliphatic rings. The van der Waals surface area contributed by atoms with Crippen LogP contribution in [0, 0.1) is 0 Å². The Morgan fingerprint density at radius 1 is 1.06 bits per heavy atom. The zero-order valence-corrected chi connectivity index (χ0v) is 12.5. The minimum atomic E-state index is -0.172. The molecule has 0 spiro atoms. The van der Waals surface area contributed by atoms with Gasteiger partial charge in [-0.3, -0.25) is 4.79 Å². The smallest absolute Gasteiger partial charge is 0.255 e. The fraction of sp³-hybridized carbons (Fsp3) is 0. The molecule has 0 aliphatic carbocycles. The largest absolute Gasteiger partial charge is 0.399 e. The average Bonchev–Trinajstić information content (AvgIpc) is 2.34. The molecule has 18 heavy (non-hydrogen) atoms. The van der Waals surface area contributed by atoms with Crippen LogP contribution in [0.1, 0.15) is 10.4 Å². The first-order chi connectivity index (χ1) is 8.56. The van der Waals surface area contributed by atoms with Gasteiger partial charge in [0.25, 0.3) is 5.91 Å². The summed E-state index contributed by atoms with van der Waals surface area (Å²) in [5.41, 5.74) is 7.49. The number of halogens is 2. The molecular weight excluding hydrogens is 360 g/mol. The summed E-state index contributed by atoms with van der Waals surface area (Å²) in [6.07, 6.45) is 0. The van der Waals surface area contributed by atoms with Crippen LogP contribution in [0.5, 0.6) is 0 Å². The first kappa shape index (κ1) is 13.1. The van der Waals surface area contributed by atoms with E-state index in [4.69, 9.17) is 5.73 Å². The lowest BCUT2D eigenvalue weighted by atomic mass is 10.2. The molecule has 1 amide bonds. The fourth-order valence-electron chi connectivity index (χ4n) is 1.42. The van der Waals surface area contributed by atoms with Crippen LogP contribution >= 0.6 is 31.9 Å². The van der Waals surface area contributed by atoms with Gasteiger partial charge in [-0.25, -0.2) is 0 Å². The van der Waals surface area contributed by atoms with Crippen molar-refractivity contribution < 1.29 is 4.79 Å². The second-order valence-electron chi connectivity index (χ2n) is 3.70. The fourth-order valence-corrected chi connectivity index (χ4v) is 2.13. The van der Waals surface area contributed by atoms with E-state index in [-0.39, 0.29) is 5.91 Å². The SMILES string of the molecule is Nc1ccc(C(=O)Nc2cc(Br)ccc2Br)cc1. The van der Waals surface area contributed by atoms with E-state index in [9.17, 15) is 4.79 Å². The van der Waals surface area contributed by atoms with Gasteiger partial charge in [-0.1, -0.05) is 15.9 Å². The topological polar surface area (TPSA) is 55.1 Å². The standard InChI is InChI=1S/C13H10Br2N2O/c14-9-3-6-11(15)12(7-9)17-13(18)8-1-4-10(16)5-2-8/h1-7H,16H2,(H,17,18). The summed E-state index contributed by atoms with van der Waals surface area (Å²) in [5.74, 6) is -0.172. The van der Waals surface area contributed by atoms with E-state index in [1.54, 1.807) is 24.3 Å². The van der Waals surface area contributed by atoms with E-state index < -0.39 is 0 Å². The van der Waals surface area contributed by atoms with Gasteiger partial charge in [-0.05, 0) is 58.4 Å². The van der Waals surface area contributed by atoms with Crippen LogP contribution < -0.4 is 11.1 Å². The van der Waals surface area contributed by atoms with E-state index >= 15 is 0 Å². The maximum absolute atomic E-state index is 12.0. The molecule has 0 atom stereocenters. The molecule has 2 rings (SSSR count). The van der Waals surface area contributed by atoms with Gasteiger partial charge in [0, 0.05) is 20.2 Å². The summed E-state index contributed by atoms with van der Waals surface area (Å²) < 4.78 is 1.73. The molecule has 0 bridgehead atoms. The van der Waals surface area contributed by atoms with E-state index in [0.29, 0.717) is 16.9 Å². The quantitative estimate of drug-likeness (QED) is 0.784. The first-order valence-corrected chi connectivity index (χ1v) is 6.77. The van der Waals surface area contributed by atoms with Gasteiger partial charge in [-0.15, -0.1) is 0 Å². The summed E-state index contributed by atoms with van der Waals surface area (Å²) >= 11 is 6.75. The van der Waals surface area contributed by atoms with Crippen LogP contribution in [0.3, 0.4) is 0 Å². The predicted octanol–water partition coefficient (Wildman–Crippen LogP) is 4.05. The zero-order chi connectivity index (χ0) is 13.1. The molecule has 3 N–H and O–H groups in total. The summed E-state index contributed by atoms with van der Waals surface area (Å²) in [6.45, 7) is 0. The Kier molecular flexibility index (Phi) is 4.04. The Hall–Kier alpha value is -1.33. The van der Waals surface area contributed by atoms with Crippen molar-refractivity contribution in [1.82, 2.24) is 0 Å². The highest BCUT2D eigenvalue weighted by Gasteiger charge is 2.08. The summed E-state index contributed by atoms with van der Waals surface area (Å²) in [5, 5.41) is 2.83. The Morgan fingerprint density at radius 2 is 1.72 bits per heavy atom. The third-order valence-corrected chi connectivity index (χ3v) is 3.53. The lowest BCUT2D eigenvalue weighted by Crippen LogP contribution is -2.12. The van der Waals surface area contributed by atoms with Crippen LogP contribution in [-0.4, -0.2) is 5.91 Å². The Bertz CT molecular complexity index is 582. The first-order valence-electron chi connectivity index (χ1n) is 5.18. The highest BCUT2D eigenvalue weighted by molar-refractivity contribution is 9.11. The molecule has 2 aromatic rings. The summed E-state index contributed by atoms with van der Waals surface area (Å²) in [6, 6.07) is 12.4. The number of hydrogen-bond acceptors (Lipinski definition) is 2. The molecule has 0 heterocycles. The number of benzene rings is 2. The lowest BCUT2D eigenvalue weighted by Gasteiger charge is -2.08. The van der Waals surface area contributed by atoms with Crippen molar-refractivity contribution >= 4 is 49.1 Å². The molecule has 0 aromatic heterocycles. The van der Waals surface area contributed by atoms with Crippen LogP contribution in [0.15, 0.2) is 51.4 Å². The van der Waals surface area contributed by atoms with Crippen molar-refractivity contribution in [3.05, 3.63) is 57.0 Å².